The Morgan fingerprint density at radius 2 is 0.859 bits per heavy atom. The minimum Gasteiger partial charge on any atom is -0.449 e. The van der Waals surface area contributed by atoms with Crippen LogP contribution in [0.1, 0.15) is 35.1 Å². The van der Waals surface area contributed by atoms with E-state index in [9.17, 15) is 0 Å². The minimum absolute atomic E-state index is 0.427. The van der Waals surface area contributed by atoms with E-state index in [2.05, 4.69) is 223 Å². The van der Waals surface area contributed by atoms with E-state index in [4.69, 9.17) is 9.47 Å². The summed E-state index contributed by atoms with van der Waals surface area (Å²) in [5, 5.41) is 0. The SMILES string of the molecule is C1=C2C(=CCC1)C1(c3ccccc32)c2ccccc2-c2cc3c(cc21)Oc1cc(N(c2ccc(-c4ccccc4)cc2)c2cccc(-c4cccc(-c5ccccc5)c4)c2)ccc1O3. The lowest BCUT2D eigenvalue weighted by Crippen LogP contribution is -2.26. The van der Waals surface area contributed by atoms with Crippen LogP contribution in [0.25, 0.3) is 50.1 Å². The molecule has 4 aliphatic rings. The van der Waals surface area contributed by atoms with Crippen LogP contribution in [0, 0.1) is 0 Å². The lowest BCUT2D eigenvalue weighted by Gasteiger charge is -2.32. The van der Waals surface area contributed by atoms with Gasteiger partial charge >= 0.3 is 0 Å². The molecule has 0 bridgehead atoms. The van der Waals surface area contributed by atoms with Crippen LogP contribution in [0.4, 0.5) is 17.1 Å². The highest BCUT2D eigenvalue weighted by Crippen LogP contribution is 2.66. The maximum Gasteiger partial charge on any atom is 0.172 e. The van der Waals surface area contributed by atoms with E-state index in [1.165, 1.54) is 66.8 Å². The van der Waals surface area contributed by atoms with Gasteiger partial charge in [-0.25, -0.2) is 0 Å². The third-order valence-corrected chi connectivity index (χ3v) is 13.6. The first-order valence-electron chi connectivity index (χ1n) is 22.2. The molecule has 1 aliphatic heterocycles. The van der Waals surface area contributed by atoms with E-state index >= 15 is 0 Å². The van der Waals surface area contributed by atoms with Gasteiger partial charge in [0.15, 0.2) is 23.0 Å². The predicted molar refractivity (Wildman–Crippen MR) is 261 cm³/mol. The van der Waals surface area contributed by atoms with Crippen molar-refractivity contribution in [1.82, 2.24) is 0 Å². The summed E-state index contributed by atoms with van der Waals surface area (Å²) in [7, 11) is 0. The molecule has 0 fully saturated rings. The topological polar surface area (TPSA) is 21.7 Å². The van der Waals surface area contributed by atoms with E-state index in [0.29, 0.717) is 11.5 Å². The Bertz CT molecular complexity index is 3380. The van der Waals surface area contributed by atoms with E-state index < -0.39 is 5.41 Å². The van der Waals surface area contributed by atoms with Crippen molar-refractivity contribution in [3.05, 3.63) is 252 Å². The Kier molecular flexibility index (Phi) is 8.26. The Morgan fingerprint density at radius 3 is 1.64 bits per heavy atom. The van der Waals surface area contributed by atoms with Gasteiger partial charge < -0.3 is 14.4 Å². The van der Waals surface area contributed by atoms with Crippen molar-refractivity contribution in [2.24, 2.45) is 0 Å². The van der Waals surface area contributed by atoms with Crippen LogP contribution in [0.5, 0.6) is 23.0 Å². The first-order chi connectivity index (χ1) is 31.7. The van der Waals surface area contributed by atoms with E-state index in [0.717, 1.165) is 52.5 Å². The lowest BCUT2D eigenvalue weighted by molar-refractivity contribution is 0.359. The molecule has 0 saturated heterocycles. The lowest BCUT2D eigenvalue weighted by atomic mass is 9.69. The summed E-state index contributed by atoms with van der Waals surface area (Å²) in [6, 6.07) is 76.2. The number of hydrogen-bond acceptors (Lipinski definition) is 3. The van der Waals surface area contributed by atoms with Crippen molar-refractivity contribution in [3.8, 4) is 67.5 Å². The second-order valence-electron chi connectivity index (χ2n) is 17.1. The molecule has 0 saturated carbocycles. The molecular weight excluding hydrogens is 779 g/mol. The predicted octanol–water partition coefficient (Wildman–Crippen LogP) is 16.5. The van der Waals surface area contributed by atoms with Crippen LogP contribution in [0.15, 0.2) is 230 Å². The molecule has 0 aromatic heterocycles. The van der Waals surface area contributed by atoms with Gasteiger partial charge in [-0.3, -0.25) is 0 Å². The third kappa shape index (κ3) is 5.60. The maximum absolute atomic E-state index is 7.03. The number of allylic oxidation sites excluding steroid dienone is 4. The molecule has 1 spiro atoms. The normalized spacial score (nSPS) is 15.9. The summed E-state index contributed by atoms with van der Waals surface area (Å²) in [5.41, 5.74) is 20.0. The van der Waals surface area contributed by atoms with Gasteiger partial charge in [-0.05, 0) is 145 Å². The Labute approximate surface area is 373 Å². The summed E-state index contributed by atoms with van der Waals surface area (Å²) in [4.78, 5) is 2.31. The fourth-order valence-electron chi connectivity index (χ4n) is 10.7. The zero-order chi connectivity index (χ0) is 42.2. The number of rotatable bonds is 6. The summed E-state index contributed by atoms with van der Waals surface area (Å²) >= 11 is 0. The van der Waals surface area contributed by atoms with Crippen molar-refractivity contribution in [3.63, 3.8) is 0 Å². The molecule has 0 amide bonds. The largest absolute Gasteiger partial charge is 0.449 e. The number of fused-ring (bicyclic) bond motifs is 12. The first-order valence-corrected chi connectivity index (χ1v) is 22.2. The average Bonchev–Trinajstić information content (AvgIpc) is 3.83. The molecule has 3 heteroatoms. The minimum atomic E-state index is -0.427. The van der Waals surface area contributed by atoms with E-state index in [1.807, 2.05) is 6.07 Å². The molecule has 64 heavy (non-hydrogen) atoms. The van der Waals surface area contributed by atoms with Gasteiger partial charge in [-0.1, -0.05) is 164 Å². The molecule has 1 heterocycles. The van der Waals surface area contributed by atoms with E-state index in [-0.39, 0.29) is 0 Å². The molecule has 302 valence electrons. The van der Waals surface area contributed by atoms with Gasteiger partial charge in [0.05, 0.1) is 11.1 Å². The monoisotopic (exact) mass is 819 g/mol. The van der Waals surface area contributed by atoms with Gasteiger partial charge in [0.1, 0.15) is 0 Å². The molecule has 3 aliphatic carbocycles. The summed E-state index contributed by atoms with van der Waals surface area (Å²) in [6.07, 6.45) is 7.01. The Balaban J connectivity index is 0.922. The third-order valence-electron chi connectivity index (χ3n) is 13.6. The fourth-order valence-corrected chi connectivity index (χ4v) is 10.7. The van der Waals surface area contributed by atoms with Gasteiger partial charge in [0.2, 0.25) is 0 Å². The molecule has 0 N–H and O–H groups in total. The van der Waals surface area contributed by atoms with Crippen molar-refractivity contribution >= 4 is 22.6 Å². The summed E-state index contributed by atoms with van der Waals surface area (Å²) in [5.74, 6) is 2.82. The van der Waals surface area contributed by atoms with Crippen molar-refractivity contribution in [2.75, 3.05) is 4.90 Å². The van der Waals surface area contributed by atoms with Crippen LogP contribution in [0.3, 0.4) is 0 Å². The zero-order valence-corrected chi connectivity index (χ0v) is 35.0. The molecule has 1 unspecified atom stereocenters. The summed E-state index contributed by atoms with van der Waals surface area (Å²) < 4.78 is 13.8. The van der Waals surface area contributed by atoms with Crippen LogP contribution in [-0.4, -0.2) is 0 Å². The van der Waals surface area contributed by atoms with Crippen molar-refractivity contribution < 1.29 is 9.47 Å². The van der Waals surface area contributed by atoms with Crippen molar-refractivity contribution in [2.45, 2.75) is 18.3 Å². The highest BCUT2D eigenvalue weighted by atomic mass is 16.6. The molecule has 9 aromatic carbocycles. The zero-order valence-electron chi connectivity index (χ0n) is 35.0. The molecule has 13 rings (SSSR count). The smallest absolute Gasteiger partial charge is 0.172 e. The molecule has 0 radical (unpaired) electrons. The van der Waals surface area contributed by atoms with Crippen LogP contribution in [0.2, 0.25) is 0 Å². The quantitative estimate of drug-likeness (QED) is 0.167. The number of benzene rings is 9. The van der Waals surface area contributed by atoms with Crippen LogP contribution in [-0.2, 0) is 5.41 Å². The van der Waals surface area contributed by atoms with Crippen LogP contribution >= 0.6 is 0 Å². The van der Waals surface area contributed by atoms with Gasteiger partial charge in [0.25, 0.3) is 0 Å². The molecular formula is C61H41NO2. The molecule has 1 atom stereocenters. The fraction of sp³-hybridized carbons (Fsp3) is 0.0492. The van der Waals surface area contributed by atoms with Gasteiger partial charge in [0, 0.05) is 17.4 Å². The number of ether oxygens (including phenoxy) is 2. The maximum atomic E-state index is 7.03. The Morgan fingerprint density at radius 1 is 0.328 bits per heavy atom. The number of nitrogens with zero attached hydrogens (tertiary/aromatic N) is 1. The van der Waals surface area contributed by atoms with E-state index in [1.54, 1.807) is 0 Å². The second-order valence-corrected chi connectivity index (χ2v) is 17.1. The number of hydrogen-bond donors (Lipinski definition) is 0. The molecule has 3 nitrogen and oxygen atoms in total. The average molecular weight is 820 g/mol. The van der Waals surface area contributed by atoms with Crippen LogP contribution < -0.4 is 14.4 Å². The first kappa shape index (κ1) is 36.5. The standard InChI is InChI=1S/C61H41NO2/c1-3-15-40(16-4-1)42-29-31-46(32-30-42)62(47-22-14-21-45(36-47)44-20-13-19-43(35-44)41-17-5-2-6-18-41)48-33-34-57-58(37-48)64-60-39-56-52(38-59(60)63-57)51-25-9-12-28-55(51)61(56)53-26-10-7-23-49(53)50-24-8-11-27-54(50)61/h1-7,9-10,12-39H,8,11H2. The second kappa shape index (κ2) is 14.5. The summed E-state index contributed by atoms with van der Waals surface area (Å²) in [6.45, 7) is 0. The van der Waals surface area contributed by atoms with Gasteiger partial charge in [-0.15, -0.1) is 0 Å². The van der Waals surface area contributed by atoms with Gasteiger partial charge in [-0.2, -0.15) is 0 Å². The van der Waals surface area contributed by atoms with Crippen molar-refractivity contribution in [1.29, 1.82) is 0 Å². The molecule has 9 aromatic rings. The highest BCUT2D eigenvalue weighted by Gasteiger charge is 2.54. The highest BCUT2D eigenvalue weighted by molar-refractivity contribution is 6.01. The number of anilines is 3. The Hall–Kier alpha value is -8.14.